The zero-order valence-corrected chi connectivity index (χ0v) is 12.5. The number of hydrogen-bond donors (Lipinski definition) is 2. The second-order valence-electron chi connectivity index (χ2n) is 4.95. The van der Waals surface area contributed by atoms with Gasteiger partial charge in [0.1, 0.15) is 0 Å². The molecule has 3 N–H and O–H groups in total. The molecular weight excluding hydrogens is 240 g/mol. The van der Waals surface area contributed by atoms with Gasteiger partial charge in [-0.05, 0) is 55.6 Å². The average molecular weight is 266 g/mol. The molecule has 1 unspecified atom stereocenters. The predicted molar refractivity (Wildman–Crippen MR) is 78.8 cm³/mol. The van der Waals surface area contributed by atoms with Gasteiger partial charge in [-0.15, -0.1) is 0 Å². The largest absolute Gasteiger partial charge is 0.493 e. The molecule has 0 spiro atoms. The molecule has 4 nitrogen and oxygen atoms in total. The lowest BCUT2D eigenvalue weighted by Gasteiger charge is -2.15. The lowest BCUT2D eigenvalue weighted by atomic mass is 10.1. The van der Waals surface area contributed by atoms with Gasteiger partial charge >= 0.3 is 0 Å². The molecule has 19 heavy (non-hydrogen) atoms. The lowest BCUT2D eigenvalue weighted by Crippen LogP contribution is -2.22. The summed E-state index contributed by atoms with van der Waals surface area (Å²) in [4.78, 5) is 0. The molecule has 0 heterocycles. The molecule has 0 radical (unpaired) electrons. The van der Waals surface area contributed by atoms with Crippen molar-refractivity contribution in [3.8, 4) is 11.5 Å². The first-order chi connectivity index (χ1) is 9.12. The summed E-state index contributed by atoms with van der Waals surface area (Å²) in [7, 11) is 3.32. The maximum atomic E-state index is 5.55. The fourth-order valence-electron chi connectivity index (χ4n) is 2.05. The van der Waals surface area contributed by atoms with Crippen LogP contribution in [-0.2, 0) is 6.54 Å². The van der Waals surface area contributed by atoms with E-state index in [0.29, 0.717) is 5.92 Å². The zero-order valence-electron chi connectivity index (χ0n) is 12.5. The van der Waals surface area contributed by atoms with Crippen molar-refractivity contribution in [1.82, 2.24) is 5.32 Å². The molecule has 0 saturated carbocycles. The van der Waals surface area contributed by atoms with E-state index in [-0.39, 0.29) is 0 Å². The number of nitrogens with one attached hydrogen (secondary N) is 1. The van der Waals surface area contributed by atoms with E-state index in [1.165, 1.54) is 11.1 Å². The monoisotopic (exact) mass is 266 g/mol. The van der Waals surface area contributed by atoms with Crippen LogP contribution in [0.3, 0.4) is 0 Å². The smallest absolute Gasteiger partial charge is 0.161 e. The van der Waals surface area contributed by atoms with Crippen molar-refractivity contribution in [2.24, 2.45) is 11.7 Å². The van der Waals surface area contributed by atoms with Crippen LogP contribution >= 0.6 is 0 Å². The summed E-state index contributed by atoms with van der Waals surface area (Å²) in [6, 6.07) is 4.05. The molecular formula is C15H26N2O2. The highest BCUT2D eigenvalue weighted by molar-refractivity contribution is 5.46. The maximum absolute atomic E-state index is 5.55. The highest BCUT2D eigenvalue weighted by atomic mass is 16.5. The number of nitrogens with two attached hydrogens (primary N) is 1. The molecule has 0 amide bonds. The molecule has 0 fully saturated rings. The van der Waals surface area contributed by atoms with Crippen molar-refractivity contribution in [2.45, 2.75) is 26.8 Å². The van der Waals surface area contributed by atoms with Crippen LogP contribution in [-0.4, -0.2) is 27.3 Å². The minimum absolute atomic E-state index is 0.602. The standard InChI is InChI=1S/C15H26N2O2/c1-11(5-6-16)9-17-10-13-8-15(19-4)14(18-3)7-12(13)2/h7-8,11,17H,5-6,9-10,16H2,1-4H3. The molecule has 0 bridgehead atoms. The van der Waals surface area contributed by atoms with Gasteiger partial charge < -0.3 is 20.5 Å². The minimum atomic E-state index is 0.602. The SMILES string of the molecule is COc1cc(C)c(CNCC(C)CCN)cc1OC. The zero-order chi connectivity index (χ0) is 14.3. The van der Waals surface area contributed by atoms with Crippen LogP contribution in [0, 0.1) is 12.8 Å². The fourth-order valence-corrected chi connectivity index (χ4v) is 2.05. The Kier molecular flexibility index (Phi) is 6.67. The van der Waals surface area contributed by atoms with Gasteiger partial charge in [0.2, 0.25) is 0 Å². The summed E-state index contributed by atoms with van der Waals surface area (Å²) >= 11 is 0. The van der Waals surface area contributed by atoms with Crippen molar-refractivity contribution < 1.29 is 9.47 Å². The third kappa shape index (κ3) is 4.73. The highest BCUT2D eigenvalue weighted by Crippen LogP contribution is 2.30. The Bertz CT molecular complexity index is 394. The minimum Gasteiger partial charge on any atom is -0.493 e. The second-order valence-corrected chi connectivity index (χ2v) is 4.95. The molecule has 1 aromatic carbocycles. The van der Waals surface area contributed by atoms with E-state index in [9.17, 15) is 0 Å². The molecule has 1 rings (SSSR count). The Morgan fingerprint density at radius 2 is 1.84 bits per heavy atom. The van der Waals surface area contributed by atoms with Crippen molar-refractivity contribution in [2.75, 3.05) is 27.3 Å². The Morgan fingerprint density at radius 3 is 2.42 bits per heavy atom. The normalized spacial score (nSPS) is 12.3. The van der Waals surface area contributed by atoms with Gasteiger partial charge in [-0.25, -0.2) is 0 Å². The first-order valence-electron chi connectivity index (χ1n) is 6.74. The maximum Gasteiger partial charge on any atom is 0.161 e. The molecule has 1 aromatic rings. The van der Waals surface area contributed by atoms with Crippen LogP contribution in [0.1, 0.15) is 24.5 Å². The van der Waals surface area contributed by atoms with Crippen molar-refractivity contribution in [3.63, 3.8) is 0 Å². The van der Waals surface area contributed by atoms with E-state index < -0.39 is 0 Å². The summed E-state index contributed by atoms with van der Waals surface area (Å²) in [5, 5.41) is 3.46. The van der Waals surface area contributed by atoms with E-state index in [1.54, 1.807) is 14.2 Å². The number of rotatable bonds is 8. The van der Waals surface area contributed by atoms with Crippen LogP contribution in [0.2, 0.25) is 0 Å². The third-order valence-electron chi connectivity index (χ3n) is 3.31. The number of ether oxygens (including phenoxy) is 2. The molecule has 1 atom stereocenters. The van der Waals surface area contributed by atoms with Crippen LogP contribution < -0.4 is 20.5 Å². The summed E-state index contributed by atoms with van der Waals surface area (Å²) in [5.41, 5.74) is 7.99. The number of aryl methyl sites for hydroxylation is 1. The predicted octanol–water partition coefficient (Wildman–Crippen LogP) is 2.09. The van der Waals surface area contributed by atoms with E-state index in [0.717, 1.165) is 37.6 Å². The third-order valence-corrected chi connectivity index (χ3v) is 3.31. The molecule has 0 aliphatic heterocycles. The van der Waals surface area contributed by atoms with Crippen molar-refractivity contribution in [1.29, 1.82) is 0 Å². The summed E-state index contributed by atoms with van der Waals surface area (Å²) in [6.45, 7) is 6.86. The van der Waals surface area contributed by atoms with Crippen molar-refractivity contribution in [3.05, 3.63) is 23.3 Å². The summed E-state index contributed by atoms with van der Waals surface area (Å²) in [5.74, 6) is 2.16. The molecule has 4 heteroatoms. The Labute approximate surface area is 116 Å². The molecule has 0 aromatic heterocycles. The van der Waals surface area contributed by atoms with E-state index in [2.05, 4.69) is 19.2 Å². The van der Waals surface area contributed by atoms with Gasteiger partial charge in [0, 0.05) is 6.54 Å². The van der Waals surface area contributed by atoms with Gasteiger partial charge in [0.05, 0.1) is 14.2 Å². The topological polar surface area (TPSA) is 56.5 Å². The van der Waals surface area contributed by atoms with Gasteiger partial charge in [-0.2, -0.15) is 0 Å². The average Bonchev–Trinajstić information content (AvgIpc) is 2.40. The molecule has 0 aliphatic rings. The van der Waals surface area contributed by atoms with Crippen LogP contribution in [0.5, 0.6) is 11.5 Å². The van der Waals surface area contributed by atoms with Gasteiger partial charge in [0.15, 0.2) is 11.5 Å². The molecule has 0 saturated heterocycles. The fraction of sp³-hybridized carbons (Fsp3) is 0.600. The number of benzene rings is 1. The second kappa shape index (κ2) is 8.02. The first-order valence-corrected chi connectivity index (χ1v) is 6.74. The van der Waals surface area contributed by atoms with Crippen molar-refractivity contribution >= 4 is 0 Å². The van der Waals surface area contributed by atoms with Gasteiger partial charge in [-0.1, -0.05) is 6.92 Å². The Balaban J connectivity index is 2.63. The van der Waals surface area contributed by atoms with Crippen LogP contribution in [0.4, 0.5) is 0 Å². The highest BCUT2D eigenvalue weighted by Gasteiger charge is 2.08. The Hall–Kier alpha value is -1.26. The van der Waals surface area contributed by atoms with E-state index >= 15 is 0 Å². The molecule has 108 valence electrons. The van der Waals surface area contributed by atoms with E-state index in [4.69, 9.17) is 15.2 Å². The lowest BCUT2D eigenvalue weighted by molar-refractivity contribution is 0.354. The molecule has 0 aliphatic carbocycles. The van der Waals surface area contributed by atoms with Crippen LogP contribution in [0.25, 0.3) is 0 Å². The quantitative estimate of drug-likeness (QED) is 0.756. The Morgan fingerprint density at radius 1 is 1.21 bits per heavy atom. The van der Waals surface area contributed by atoms with Crippen LogP contribution in [0.15, 0.2) is 12.1 Å². The summed E-state index contributed by atoms with van der Waals surface area (Å²) in [6.07, 6.45) is 1.05. The number of methoxy groups -OCH3 is 2. The number of hydrogen-bond acceptors (Lipinski definition) is 4. The summed E-state index contributed by atoms with van der Waals surface area (Å²) < 4.78 is 10.6. The first kappa shape index (κ1) is 15.8. The van der Waals surface area contributed by atoms with E-state index in [1.807, 2.05) is 12.1 Å². The van der Waals surface area contributed by atoms with Gasteiger partial charge in [-0.3, -0.25) is 0 Å². The van der Waals surface area contributed by atoms with Gasteiger partial charge in [0.25, 0.3) is 0 Å².